The van der Waals surface area contributed by atoms with Gasteiger partial charge in [-0.3, -0.25) is 4.79 Å². The predicted molar refractivity (Wildman–Crippen MR) is 60.8 cm³/mol. The summed E-state index contributed by atoms with van der Waals surface area (Å²) >= 11 is 0. The highest BCUT2D eigenvalue weighted by atomic mass is 32.2. The maximum atomic E-state index is 12.2. The highest BCUT2D eigenvalue weighted by Crippen LogP contribution is 2.16. The summed E-state index contributed by atoms with van der Waals surface area (Å²) in [5, 5.41) is 8.99. The van der Waals surface area contributed by atoms with Gasteiger partial charge in [-0.1, -0.05) is 13.8 Å². The van der Waals surface area contributed by atoms with Crippen LogP contribution in [0.3, 0.4) is 0 Å². The Morgan fingerprint density at radius 2 is 2.06 bits per heavy atom. The van der Waals surface area contributed by atoms with E-state index in [9.17, 15) is 13.2 Å². The van der Waals surface area contributed by atoms with E-state index in [-0.39, 0.29) is 19.8 Å². The molecule has 0 aliphatic carbocycles. The Hall–Kier alpha value is -0.700. The van der Waals surface area contributed by atoms with E-state index in [1.54, 1.807) is 13.8 Å². The minimum absolute atomic E-state index is 0.0792. The van der Waals surface area contributed by atoms with Gasteiger partial charge in [0, 0.05) is 19.6 Å². The molecule has 1 fully saturated rings. The highest BCUT2D eigenvalue weighted by Gasteiger charge is 2.39. The molecule has 17 heavy (non-hydrogen) atoms. The number of hydrogen-bond donors (Lipinski definition) is 1. The van der Waals surface area contributed by atoms with Crippen LogP contribution in [0.15, 0.2) is 0 Å². The van der Waals surface area contributed by atoms with Crippen molar-refractivity contribution >= 4 is 16.2 Å². The molecular formula is C9H18N2O5S. The average Bonchev–Trinajstić information content (AvgIpc) is 2.30. The number of carboxylic acid groups (broad SMARTS) is 1. The van der Waals surface area contributed by atoms with Crippen LogP contribution < -0.4 is 0 Å². The van der Waals surface area contributed by atoms with Gasteiger partial charge in [0.2, 0.25) is 0 Å². The summed E-state index contributed by atoms with van der Waals surface area (Å²) in [6.45, 7) is 4.29. The van der Waals surface area contributed by atoms with Crippen molar-refractivity contribution in [3.63, 3.8) is 0 Å². The van der Waals surface area contributed by atoms with Crippen molar-refractivity contribution in [3.8, 4) is 0 Å². The molecule has 1 aliphatic rings. The molecule has 100 valence electrons. The van der Waals surface area contributed by atoms with Crippen LogP contribution in [0.1, 0.15) is 13.8 Å². The fourth-order valence-electron chi connectivity index (χ4n) is 1.76. The first-order valence-electron chi connectivity index (χ1n) is 5.52. The molecule has 0 radical (unpaired) electrons. The van der Waals surface area contributed by atoms with Crippen molar-refractivity contribution in [3.05, 3.63) is 0 Å². The molecule has 1 heterocycles. The van der Waals surface area contributed by atoms with Crippen molar-refractivity contribution in [1.29, 1.82) is 0 Å². The third-order valence-electron chi connectivity index (χ3n) is 2.69. The Bertz CT molecular complexity index is 366. The second-order valence-corrected chi connectivity index (χ2v) is 5.51. The quantitative estimate of drug-likeness (QED) is 0.715. The molecule has 0 amide bonds. The molecule has 1 rings (SSSR count). The van der Waals surface area contributed by atoms with E-state index in [0.717, 1.165) is 4.31 Å². The first-order chi connectivity index (χ1) is 7.95. The third kappa shape index (κ3) is 2.95. The van der Waals surface area contributed by atoms with E-state index < -0.39 is 22.2 Å². The smallest absolute Gasteiger partial charge is 0.324 e. The predicted octanol–water partition coefficient (Wildman–Crippen LogP) is -0.642. The van der Waals surface area contributed by atoms with Crippen molar-refractivity contribution in [1.82, 2.24) is 8.61 Å². The number of hydrogen-bond acceptors (Lipinski definition) is 4. The second-order valence-electron chi connectivity index (χ2n) is 3.63. The summed E-state index contributed by atoms with van der Waals surface area (Å²) in [7, 11) is -3.71. The number of aliphatic carboxylic acids is 1. The van der Waals surface area contributed by atoms with Gasteiger partial charge in [0.25, 0.3) is 10.2 Å². The fraction of sp³-hybridized carbons (Fsp3) is 0.889. The maximum absolute atomic E-state index is 12.2. The minimum atomic E-state index is -3.71. The van der Waals surface area contributed by atoms with Gasteiger partial charge in [0.05, 0.1) is 13.2 Å². The summed E-state index contributed by atoms with van der Waals surface area (Å²) in [6, 6.07) is -1.13. The fourth-order valence-corrected chi connectivity index (χ4v) is 3.48. The monoisotopic (exact) mass is 266 g/mol. The number of carboxylic acids is 1. The van der Waals surface area contributed by atoms with E-state index in [2.05, 4.69) is 0 Å². The molecule has 0 aromatic carbocycles. The zero-order valence-electron chi connectivity index (χ0n) is 10.00. The highest BCUT2D eigenvalue weighted by molar-refractivity contribution is 7.86. The van der Waals surface area contributed by atoms with Crippen LogP contribution in [0.4, 0.5) is 0 Å². The minimum Gasteiger partial charge on any atom is -0.480 e. The van der Waals surface area contributed by atoms with Crippen LogP contribution in [0.2, 0.25) is 0 Å². The number of carbonyl (C=O) groups is 1. The van der Waals surface area contributed by atoms with Crippen LogP contribution in [-0.2, 0) is 19.7 Å². The van der Waals surface area contributed by atoms with Gasteiger partial charge in [-0.05, 0) is 0 Å². The van der Waals surface area contributed by atoms with Crippen LogP contribution in [-0.4, -0.2) is 67.0 Å². The lowest BCUT2D eigenvalue weighted by atomic mass is 10.3. The third-order valence-corrected chi connectivity index (χ3v) is 4.89. The van der Waals surface area contributed by atoms with Crippen LogP contribution in [0.25, 0.3) is 0 Å². The first kappa shape index (κ1) is 14.4. The summed E-state index contributed by atoms with van der Waals surface area (Å²) < 4.78 is 31.7. The van der Waals surface area contributed by atoms with Crippen molar-refractivity contribution < 1.29 is 23.1 Å². The molecule has 8 heteroatoms. The number of nitrogens with zero attached hydrogens (tertiary/aromatic N) is 2. The van der Waals surface area contributed by atoms with Gasteiger partial charge in [-0.25, -0.2) is 0 Å². The first-order valence-corrected chi connectivity index (χ1v) is 6.92. The molecule has 1 atom stereocenters. The van der Waals surface area contributed by atoms with Gasteiger partial charge in [0.15, 0.2) is 0 Å². The standard InChI is InChI=1S/C9H18N2O5S/c1-3-10(4-2)17(14,15)11-5-6-16-7-8(11)9(12)13/h8H,3-7H2,1-2H3,(H,12,13). The second kappa shape index (κ2) is 5.76. The van der Waals surface area contributed by atoms with E-state index in [0.29, 0.717) is 13.1 Å². The van der Waals surface area contributed by atoms with Gasteiger partial charge in [0.1, 0.15) is 6.04 Å². The molecule has 1 saturated heterocycles. The Morgan fingerprint density at radius 3 is 2.53 bits per heavy atom. The largest absolute Gasteiger partial charge is 0.480 e. The molecular weight excluding hydrogens is 248 g/mol. The summed E-state index contributed by atoms with van der Waals surface area (Å²) in [6.07, 6.45) is 0. The zero-order chi connectivity index (χ0) is 13.1. The Kier molecular flexibility index (Phi) is 4.87. The molecule has 0 aromatic heterocycles. The lowest BCUT2D eigenvalue weighted by molar-refractivity contribution is -0.146. The Balaban J connectivity index is 2.98. The average molecular weight is 266 g/mol. The van der Waals surface area contributed by atoms with Crippen LogP contribution >= 0.6 is 0 Å². The van der Waals surface area contributed by atoms with Crippen molar-refractivity contribution in [2.24, 2.45) is 0 Å². The van der Waals surface area contributed by atoms with Crippen LogP contribution in [0, 0.1) is 0 Å². The lowest BCUT2D eigenvalue weighted by Crippen LogP contribution is -2.56. The van der Waals surface area contributed by atoms with Crippen molar-refractivity contribution in [2.45, 2.75) is 19.9 Å². The lowest BCUT2D eigenvalue weighted by Gasteiger charge is -2.35. The molecule has 1 unspecified atom stereocenters. The molecule has 0 bridgehead atoms. The molecule has 0 aromatic rings. The SMILES string of the molecule is CCN(CC)S(=O)(=O)N1CCOCC1C(=O)O. The van der Waals surface area contributed by atoms with Gasteiger partial charge in [-0.2, -0.15) is 17.0 Å². The molecule has 0 spiro atoms. The van der Waals surface area contributed by atoms with Gasteiger partial charge < -0.3 is 9.84 Å². The Morgan fingerprint density at radius 1 is 1.47 bits per heavy atom. The summed E-state index contributed by atoms with van der Waals surface area (Å²) in [5.41, 5.74) is 0. The normalized spacial score (nSPS) is 22.9. The molecule has 7 nitrogen and oxygen atoms in total. The summed E-state index contributed by atoms with van der Waals surface area (Å²) in [4.78, 5) is 11.0. The molecule has 1 aliphatic heterocycles. The Labute approximate surface area is 101 Å². The van der Waals surface area contributed by atoms with Crippen LogP contribution in [0.5, 0.6) is 0 Å². The van der Waals surface area contributed by atoms with E-state index in [4.69, 9.17) is 9.84 Å². The maximum Gasteiger partial charge on any atom is 0.324 e. The van der Waals surface area contributed by atoms with Gasteiger partial charge in [-0.15, -0.1) is 0 Å². The zero-order valence-corrected chi connectivity index (χ0v) is 10.8. The number of rotatable bonds is 5. The summed E-state index contributed by atoms with van der Waals surface area (Å²) in [5.74, 6) is -1.18. The van der Waals surface area contributed by atoms with Crippen molar-refractivity contribution in [2.75, 3.05) is 32.8 Å². The van der Waals surface area contributed by atoms with Gasteiger partial charge >= 0.3 is 5.97 Å². The molecule has 0 saturated carbocycles. The van der Waals surface area contributed by atoms with E-state index in [1.807, 2.05) is 0 Å². The van der Waals surface area contributed by atoms with E-state index in [1.165, 1.54) is 4.31 Å². The molecule has 1 N–H and O–H groups in total. The number of ether oxygens (including phenoxy) is 1. The van der Waals surface area contributed by atoms with E-state index >= 15 is 0 Å². The number of morpholine rings is 1. The topological polar surface area (TPSA) is 87.2 Å².